The number of benzene rings is 2. The SMILES string of the molecule is C=CCn1c(Cc2ccc(OC)cc2)nnc1SCC(=O)Nc1cc(C(=O)OC)cc(C(=O)OC)c1. The third kappa shape index (κ3) is 6.72. The molecule has 0 aliphatic rings. The molecule has 0 radical (unpaired) electrons. The molecule has 3 aromatic rings. The van der Waals surface area contributed by atoms with Gasteiger partial charge in [0, 0.05) is 18.7 Å². The number of nitrogens with one attached hydrogen (secondary N) is 1. The van der Waals surface area contributed by atoms with Crippen molar-refractivity contribution < 1.29 is 28.6 Å². The summed E-state index contributed by atoms with van der Waals surface area (Å²) in [6, 6.07) is 11.9. The summed E-state index contributed by atoms with van der Waals surface area (Å²) in [6.07, 6.45) is 2.28. The molecule has 2 aromatic carbocycles. The van der Waals surface area contributed by atoms with Gasteiger partial charge >= 0.3 is 11.9 Å². The number of methoxy groups -OCH3 is 3. The van der Waals surface area contributed by atoms with Crippen molar-refractivity contribution in [1.82, 2.24) is 14.8 Å². The second-order valence-corrected chi connectivity index (χ2v) is 8.38. The Morgan fingerprint density at radius 2 is 1.64 bits per heavy atom. The molecule has 0 fully saturated rings. The molecular formula is C25H26N4O6S. The lowest BCUT2D eigenvalue weighted by molar-refractivity contribution is -0.113. The van der Waals surface area contributed by atoms with Crippen LogP contribution < -0.4 is 10.1 Å². The number of carbonyl (C=O) groups excluding carboxylic acids is 3. The van der Waals surface area contributed by atoms with Crippen molar-refractivity contribution in [1.29, 1.82) is 0 Å². The molecule has 0 aliphatic carbocycles. The number of anilines is 1. The van der Waals surface area contributed by atoms with Crippen LogP contribution in [0.2, 0.25) is 0 Å². The maximum atomic E-state index is 12.7. The van der Waals surface area contributed by atoms with Gasteiger partial charge in [-0.1, -0.05) is 30.0 Å². The summed E-state index contributed by atoms with van der Waals surface area (Å²) in [4.78, 5) is 36.6. The lowest BCUT2D eigenvalue weighted by Gasteiger charge is -2.10. The van der Waals surface area contributed by atoms with Crippen molar-refractivity contribution in [3.05, 3.63) is 77.6 Å². The van der Waals surface area contributed by atoms with Crippen LogP contribution in [0.5, 0.6) is 5.75 Å². The van der Waals surface area contributed by atoms with E-state index in [1.807, 2.05) is 28.8 Å². The molecule has 0 saturated heterocycles. The molecule has 1 heterocycles. The molecule has 188 valence electrons. The number of aromatic nitrogens is 3. The normalized spacial score (nSPS) is 10.4. The van der Waals surface area contributed by atoms with E-state index in [2.05, 4.69) is 22.1 Å². The van der Waals surface area contributed by atoms with Gasteiger partial charge in [-0.3, -0.25) is 4.79 Å². The first-order chi connectivity index (χ1) is 17.4. The minimum atomic E-state index is -0.646. The fourth-order valence-corrected chi connectivity index (χ4v) is 4.06. The van der Waals surface area contributed by atoms with Gasteiger partial charge in [-0.15, -0.1) is 16.8 Å². The third-order valence-corrected chi connectivity index (χ3v) is 5.98. The summed E-state index contributed by atoms with van der Waals surface area (Å²) in [5.41, 5.74) is 1.51. The third-order valence-electron chi connectivity index (χ3n) is 5.02. The number of ether oxygens (including phenoxy) is 3. The van der Waals surface area contributed by atoms with Gasteiger partial charge in [0.15, 0.2) is 5.16 Å². The van der Waals surface area contributed by atoms with E-state index in [1.54, 1.807) is 13.2 Å². The predicted molar refractivity (Wildman–Crippen MR) is 134 cm³/mol. The Morgan fingerprint density at radius 3 is 2.19 bits per heavy atom. The first kappa shape index (κ1) is 26.5. The maximum Gasteiger partial charge on any atom is 0.337 e. The standard InChI is InChI=1S/C25H26N4O6S/c1-5-10-29-21(11-16-6-8-20(33-2)9-7-16)27-28-25(29)36-15-22(30)26-19-13-17(23(31)34-3)12-18(14-19)24(32)35-4/h5-9,12-14H,1,10-11,15H2,2-4H3,(H,26,30). The quantitative estimate of drug-likeness (QED) is 0.235. The molecule has 1 aromatic heterocycles. The van der Waals surface area contributed by atoms with Crippen LogP contribution in [-0.4, -0.2) is 59.7 Å². The molecule has 0 atom stereocenters. The van der Waals surface area contributed by atoms with Gasteiger partial charge in [-0.05, 0) is 35.9 Å². The minimum Gasteiger partial charge on any atom is -0.497 e. The average molecular weight is 511 g/mol. The van der Waals surface area contributed by atoms with E-state index in [1.165, 1.54) is 44.2 Å². The van der Waals surface area contributed by atoms with Crippen molar-refractivity contribution in [3.8, 4) is 5.75 Å². The molecule has 11 heteroatoms. The Labute approximate surface area is 212 Å². The Kier molecular flexibility index (Phi) is 9.23. The lowest BCUT2D eigenvalue weighted by Crippen LogP contribution is -2.16. The van der Waals surface area contributed by atoms with Crippen LogP contribution in [0.3, 0.4) is 0 Å². The van der Waals surface area contributed by atoms with E-state index >= 15 is 0 Å². The van der Waals surface area contributed by atoms with Gasteiger partial charge < -0.3 is 24.1 Å². The second-order valence-electron chi connectivity index (χ2n) is 7.44. The monoisotopic (exact) mass is 510 g/mol. The highest BCUT2D eigenvalue weighted by Gasteiger charge is 2.17. The van der Waals surface area contributed by atoms with Crippen LogP contribution in [0, 0.1) is 0 Å². The number of rotatable bonds is 11. The topological polar surface area (TPSA) is 122 Å². The van der Waals surface area contributed by atoms with Crippen molar-refractivity contribution in [2.75, 3.05) is 32.4 Å². The number of nitrogens with zero attached hydrogens (tertiary/aromatic N) is 3. The Balaban J connectivity index is 1.71. The van der Waals surface area contributed by atoms with E-state index in [0.717, 1.165) is 17.1 Å². The van der Waals surface area contributed by atoms with Crippen LogP contribution >= 0.6 is 11.8 Å². The molecule has 0 saturated carbocycles. The highest BCUT2D eigenvalue weighted by Crippen LogP contribution is 2.22. The van der Waals surface area contributed by atoms with Crippen LogP contribution in [-0.2, 0) is 27.2 Å². The van der Waals surface area contributed by atoms with Crippen LogP contribution in [0.15, 0.2) is 60.3 Å². The minimum absolute atomic E-state index is 0.0216. The van der Waals surface area contributed by atoms with Gasteiger partial charge in [-0.2, -0.15) is 0 Å². The molecule has 0 aliphatic heterocycles. The van der Waals surface area contributed by atoms with Crippen LogP contribution in [0.1, 0.15) is 32.1 Å². The summed E-state index contributed by atoms with van der Waals surface area (Å²) in [7, 11) is 4.07. The lowest BCUT2D eigenvalue weighted by atomic mass is 10.1. The second kappa shape index (κ2) is 12.5. The van der Waals surface area contributed by atoms with Gasteiger partial charge in [0.05, 0.1) is 38.2 Å². The van der Waals surface area contributed by atoms with E-state index < -0.39 is 11.9 Å². The average Bonchev–Trinajstić information content (AvgIpc) is 3.27. The summed E-state index contributed by atoms with van der Waals surface area (Å²) in [5, 5.41) is 11.8. The molecule has 3 rings (SSSR count). The van der Waals surface area contributed by atoms with E-state index in [-0.39, 0.29) is 28.5 Å². The molecule has 1 amide bonds. The molecule has 0 bridgehead atoms. The van der Waals surface area contributed by atoms with Crippen LogP contribution in [0.4, 0.5) is 5.69 Å². The first-order valence-electron chi connectivity index (χ1n) is 10.8. The zero-order chi connectivity index (χ0) is 26.1. The Bertz CT molecular complexity index is 1220. The number of hydrogen-bond acceptors (Lipinski definition) is 9. The highest BCUT2D eigenvalue weighted by atomic mass is 32.2. The predicted octanol–water partition coefficient (Wildman–Crippen LogP) is 3.37. The zero-order valence-corrected chi connectivity index (χ0v) is 21.0. The Hall–Kier alpha value is -4.12. The number of allylic oxidation sites excluding steroid dienone is 1. The van der Waals surface area contributed by atoms with Gasteiger partial charge in [-0.25, -0.2) is 9.59 Å². The van der Waals surface area contributed by atoms with Gasteiger partial charge in [0.25, 0.3) is 0 Å². The summed E-state index contributed by atoms with van der Waals surface area (Å²) < 4.78 is 16.5. The van der Waals surface area contributed by atoms with Crippen molar-refractivity contribution in [2.45, 2.75) is 18.1 Å². The molecule has 36 heavy (non-hydrogen) atoms. The number of carbonyl (C=O) groups is 3. The first-order valence-corrected chi connectivity index (χ1v) is 11.8. The number of thioether (sulfide) groups is 1. The Morgan fingerprint density at radius 1 is 1.00 bits per heavy atom. The largest absolute Gasteiger partial charge is 0.497 e. The van der Waals surface area contributed by atoms with E-state index in [9.17, 15) is 14.4 Å². The maximum absolute atomic E-state index is 12.7. The van der Waals surface area contributed by atoms with E-state index in [0.29, 0.717) is 18.1 Å². The zero-order valence-electron chi connectivity index (χ0n) is 20.1. The van der Waals surface area contributed by atoms with Gasteiger partial charge in [0.2, 0.25) is 5.91 Å². The molecule has 10 nitrogen and oxygen atoms in total. The van der Waals surface area contributed by atoms with Crippen LogP contribution in [0.25, 0.3) is 0 Å². The summed E-state index contributed by atoms with van der Waals surface area (Å²) in [6.45, 7) is 4.28. The molecular weight excluding hydrogens is 484 g/mol. The number of esters is 2. The van der Waals surface area contributed by atoms with Gasteiger partial charge in [0.1, 0.15) is 11.6 Å². The summed E-state index contributed by atoms with van der Waals surface area (Å²) in [5.74, 6) is -0.128. The fraction of sp³-hybridized carbons (Fsp3) is 0.240. The van der Waals surface area contributed by atoms with Crippen molar-refractivity contribution in [2.24, 2.45) is 0 Å². The smallest absolute Gasteiger partial charge is 0.337 e. The van der Waals surface area contributed by atoms with Crippen molar-refractivity contribution in [3.63, 3.8) is 0 Å². The van der Waals surface area contributed by atoms with Crippen molar-refractivity contribution >= 4 is 35.3 Å². The number of hydrogen-bond donors (Lipinski definition) is 1. The number of amides is 1. The summed E-state index contributed by atoms with van der Waals surface area (Å²) >= 11 is 1.21. The molecule has 0 spiro atoms. The molecule has 0 unspecified atom stereocenters. The highest BCUT2D eigenvalue weighted by molar-refractivity contribution is 7.99. The van der Waals surface area contributed by atoms with E-state index in [4.69, 9.17) is 14.2 Å². The molecule has 1 N–H and O–H groups in total. The fourth-order valence-electron chi connectivity index (χ4n) is 3.29.